The van der Waals surface area contributed by atoms with Gasteiger partial charge in [0.1, 0.15) is 0 Å². The van der Waals surface area contributed by atoms with Gasteiger partial charge in [0.05, 0.1) is 0 Å². The smallest absolute Gasteiger partial charge is 0.303 e. The van der Waals surface area contributed by atoms with Gasteiger partial charge >= 0.3 is 5.97 Å². The van der Waals surface area contributed by atoms with E-state index in [9.17, 15) is 9.59 Å². The second kappa shape index (κ2) is 19.9. The highest BCUT2D eigenvalue weighted by Crippen LogP contribution is 2.11. The second-order valence-electron chi connectivity index (χ2n) is 5.90. The molecule has 0 saturated heterocycles. The number of aliphatic carboxylic acids is 1. The molecule has 0 unspecified atom stereocenters. The second-order valence-corrected chi connectivity index (χ2v) is 5.90. The Morgan fingerprint density at radius 3 is 1.36 bits per heavy atom. The van der Waals surface area contributed by atoms with Gasteiger partial charge in [0.15, 0.2) is 0 Å². The first-order valence-corrected chi connectivity index (χ1v) is 9.04. The van der Waals surface area contributed by atoms with Crippen molar-refractivity contribution in [2.45, 2.75) is 104 Å². The SMILES string of the molecule is CCCC(N)=O.CCCCCCCCCCCCCC(=O)O. The molecule has 0 aliphatic heterocycles. The van der Waals surface area contributed by atoms with Crippen LogP contribution in [0.15, 0.2) is 0 Å². The molecule has 0 radical (unpaired) electrons. The first kappa shape index (κ1) is 23.2. The Balaban J connectivity index is 0. The zero-order chi connectivity index (χ0) is 17.1. The van der Waals surface area contributed by atoms with Gasteiger partial charge in [-0.25, -0.2) is 0 Å². The van der Waals surface area contributed by atoms with E-state index in [4.69, 9.17) is 10.8 Å². The lowest BCUT2D eigenvalue weighted by atomic mass is 10.1. The zero-order valence-corrected chi connectivity index (χ0v) is 14.7. The van der Waals surface area contributed by atoms with Gasteiger partial charge in [0.2, 0.25) is 5.91 Å². The van der Waals surface area contributed by atoms with Crippen LogP contribution in [0.3, 0.4) is 0 Å². The van der Waals surface area contributed by atoms with E-state index in [1.165, 1.54) is 57.8 Å². The molecule has 0 aromatic heterocycles. The molecule has 0 atom stereocenters. The lowest BCUT2D eigenvalue weighted by molar-refractivity contribution is -0.137. The first-order chi connectivity index (χ1) is 10.5. The van der Waals surface area contributed by atoms with Gasteiger partial charge in [-0.05, 0) is 12.8 Å². The number of hydrogen-bond acceptors (Lipinski definition) is 2. The van der Waals surface area contributed by atoms with Crippen LogP contribution in [0.1, 0.15) is 104 Å². The van der Waals surface area contributed by atoms with Crippen LogP contribution in [-0.4, -0.2) is 17.0 Å². The fraction of sp³-hybridized carbons (Fsp3) is 0.889. The van der Waals surface area contributed by atoms with E-state index < -0.39 is 5.97 Å². The normalized spacial score (nSPS) is 9.91. The Morgan fingerprint density at radius 1 is 0.682 bits per heavy atom. The molecule has 1 amide bonds. The molecular formula is C18H37NO3. The highest BCUT2D eigenvalue weighted by molar-refractivity contribution is 5.73. The Hall–Kier alpha value is -1.06. The van der Waals surface area contributed by atoms with Gasteiger partial charge in [-0.2, -0.15) is 0 Å². The van der Waals surface area contributed by atoms with E-state index in [1.54, 1.807) is 0 Å². The maximum atomic E-state index is 10.3. The summed E-state index contributed by atoms with van der Waals surface area (Å²) in [5, 5.41) is 8.46. The molecule has 0 rings (SSSR count). The van der Waals surface area contributed by atoms with Crippen LogP contribution in [0.2, 0.25) is 0 Å². The number of amides is 1. The standard InChI is InChI=1S/C14H28O2.C4H9NO/c1-2-3-4-5-6-7-8-9-10-11-12-13-14(15)16;1-2-3-4(5)6/h2-13H2,1H3,(H,15,16);2-3H2,1H3,(H2,5,6). The lowest BCUT2D eigenvalue weighted by Crippen LogP contribution is -2.08. The summed E-state index contributed by atoms with van der Waals surface area (Å²) in [4.78, 5) is 20.1. The molecule has 0 saturated carbocycles. The monoisotopic (exact) mass is 315 g/mol. The van der Waals surface area contributed by atoms with E-state index in [1.807, 2.05) is 6.92 Å². The number of carbonyl (C=O) groups excluding carboxylic acids is 1. The summed E-state index contributed by atoms with van der Waals surface area (Å²) >= 11 is 0. The molecule has 4 nitrogen and oxygen atoms in total. The summed E-state index contributed by atoms with van der Waals surface area (Å²) in [7, 11) is 0. The fourth-order valence-corrected chi connectivity index (χ4v) is 2.19. The molecule has 0 aliphatic rings. The molecular weight excluding hydrogens is 278 g/mol. The minimum Gasteiger partial charge on any atom is -0.481 e. The van der Waals surface area contributed by atoms with Gasteiger partial charge in [-0.3, -0.25) is 9.59 Å². The van der Waals surface area contributed by atoms with Crippen molar-refractivity contribution in [2.75, 3.05) is 0 Å². The topological polar surface area (TPSA) is 80.4 Å². The minimum absolute atomic E-state index is 0.211. The van der Waals surface area contributed by atoms with Crippen LogP contribution >= 0.6 is 0 Å². The molecule has 3 N–H and O–H groups in total. The third kappa shape index (κ3) is 27.3. The molecule has 132 valence electrons. The van der Waals surface area contributed by atoms with Gasteiger partial charge < -0.3 is 10.8 Å². The molecule has 0 fully saturated rings. The number of nitrogens with two attached hydrogens (primary N) is 1. The largest absolute Gasteiger partial charge is 0.481 e. The van der Waals surface area contributed by atoms with Gasteiger partial charge in [0, 0.05) is 12.8 Å². The van der Waals surface area contributed by atoms with Gasteiger partial charge in [-0.15, -0.1) is 0 Å². The van der Waals surface area contributed by atoms with Crippen molar-refractivity contribution in [3.05, 3.63) is 0 Å². The van der Waals surface area contributed by atoms with E-state index in [2.05, 4.69) is 6.92 Å². The van der Waals surface area contributed by atoms with Crippen molar-refractivity contribution < 1.29 is 14.7 Å². The van der Waals surface area contributed by atoms with E-state index in [-0.39, 0.29) is 5.91 Å². The van der Waals surface area contributed by atoms with Crippen molar-refractivity contribution >= 4 is 11.9 Å². The van der Waals surface area contributed by atoms with Crippen LogP contribution in [0.5, 0.6) is 0 Å². The highest BCUT2D eigenvalue weighted by Gasteiger charge is 1.96. The molecule has 0 heterocycles. The minimum atomic E-state index is -0.657. The predicted octanol–water partition coefficient (Wildman–Crippen LogP) is 5.04. The average molecular weight is 315 g/mol. The number of unbranched alkanes of at least 4 members (excludes halogenated alkanes) is 10. The van der Waals surface area contributed by atoms with Crippen molar-refractivity contribution in [2.24, 2.45) is 5.73 Å². The maximum absolute atomic E-state index is 10.3. The molecule has 0 aliphatic carbocycles. The molecule has 0 aromatic carbocycles. The molecule has 0 aromatic rings. The Labute approximate surface area is 136 Å². The first-order valence-electron chi connectivity index (χ1n) is 9.04. The third-order valence-corrected chi connectivity index (χ3v) is 3.49. The molecule has 4 heteroatoms. The van der Waals surface area contributed by atoms with E-state index >= 15 is 0 Å². The van der Waals surface area contributed by atoms with Crippen LogP contribution in [0, 0.1) is 0 Å². The summed E-state index contributed by atoms with van der Waals surface area (Å²) in [6.45, 7) is 4.17. The van der Waals surface area contributed by atoms with Crippen molar-refractivity contribution in [3.8, 4) is 0 Å². The summed E-state index contributed by atoms with van der Waals surface area (Å²) in [5.41, 5.74) is 4.76. The van der Waals surface area contributed by atoms with Gasteiger partial charge in [0.25, 0.3) is 0 Å². The van der Waals surface area contributed by atoms with Crippen molar-refractivity contribution in [1.29, 1.82) is 0 Å². The lowest BCUT2D eigenvalue weighted by Gasteiger charge is -2.01. The highest BCUT2D eigenvalue weighted by atomic mass is 16.4. The Morgan fingerprint density at radius 2 is 1.09 bits per heavy atom. The van der Waals surface area contributed by atoms with Crippen molar-refractivity contribution in [1.82, 2.24) is 0 Å². The summed E-state index contributed by atoms with van der Waals surface area (Å²) in [6, 6.07) is 0. The Bertz CT molecular complexity index is 255. The summed E-state index contributed by atoms with van der Waals surface area (Å²) in [6.07, 6.45) is 15.7. The van der Waals surface area contributed by atoms with Crippen molar-refractivity contribution in [3.63, 3.8) is 0 Å². The fourth-order valence-electron chi connectivity index (χ4n) is 2.19. The molecule has 22 heavy (non-hydrogen) atoms. The molecule has 0 bridgehead atoms. The van der Waals surface area contributed by atoms with Gasteiger partial charge in [-0.1, -0.05) is 78.1 Å². The Kier molecular flexibility index (Phi) is 21.0. The number of rotatable bonds is 14. The predicted molar refractivity (Wildman–Crippen MR) is 92.8 cm³/mol. The third-order valence-electron chi connectivity index (χ3n) is 3.49. The summed E-state index contributed by atoms with van der Waals surface area (Å²) < 4.78 is 0. The average Bonchev–Trinajstić information content (AvgIpc) is 2.45. The van der Waals surface area contributed by atoms with E-state index in [0.717, 1.165) is 19.3 Å². The van der Waals surface area contributed by atoms with Crippen LogP contribution in [0.4, 0.5) is 0 Å². The number of carboxylic acid groups (broad SMARTS) is 1. The number of carboxylic acids is 1. The van der Waals surface area contributed by atoms with Crippen LogP contribution in [0.25, 0.3) is 0 Å². The van der Waals surface area contributed by atoms with Crippen LogP contribution < -0.4 is 5.73 Å². The number of carbonyl (C=O) groups is 2. The van der Waals surface area contributed by atoms with E-state index in [0.29, 0.717) is 12.8 Å². The number of hydrogen-bond donors (Lipinski definition) is 2. The maximum Gasteiger partial charge on any atom is 0.303 e. The summed E-state index contributed by atoms with van der Waals surface area (Å²) in [5.74, 6) is -0.867. The number of primary amides is 1. The molecule has 0 spiro atoms. The quantitative estimate of drug-likeness (QED) is 0.440. The van der Waals surface area contributed by atoms with Crippen LogP contribution in [-0.2, 0) is 9.59 Å². The zero-order valence-electron chi connectivity index (χ0n) is 14.7.